The summed E-state index contributed by atoms with van der Waals surface area (Å²) in [7, 11) is -6.00. The molecule has 0 atom stereocenters. The van der Waals surface area contributed by atoms with Crippen LogP contribution in [0.15, 0.2) is 0 Å². The van der Waals surface area contributed by atoms with Gasteiger partial charge < -0.3 is 23.4 Å². The molecule has 0 saturated heterocycles. The molecule has 0 radical (unpaired) electrons. The Morgan fingerprint density at radius 1 is 1.00 bits per heavy atom. The Balaban J connectivity index is -0.0000000800. The molecule has 0 aromatic carbocycles. The zero-order chi connectivity index (χ0) is 7.21. The summed E-state index contributed by atoms with van der Waals surface area (Å²) in [6.45, 7) is 0. The Morgan fingerprint density at radius 3 is 1.00 bits per heavy atom. The molecule has 0 fully saturated rings. The first-order valence-electron chi connectivity index (χ1n) is 1.41. The zero-order valence-corrected chi connectivity index (χ0v) is 6.06. The highest BCUT2D eigenvalue weighted by atomic mass is 35.5. The molecule has 0 amide bonds. The van der Waals surface area contributed by atoms with Crippen LogP contribution in [-0.2, 0) is 0 Å². The van der Waals surface area contributed by atoms with Crippen molar-refractivity contribution in [1.29, 1.82) is 0 Å². The van der Waals surface area contributed by atoms with Crippen molar-refractivity contribution in [2.75, 3.05) is 5.34 Å². The lowest BCUT2D eigenvalue weighted by Gasteiger charge is -1.94. The third kappa shape index (κ3) is 3150. The molecule has 0 saturated carbocycles. The Labute approximate surface area is 60.0 Å². The van der Waals surface area contributed by atoms with E-state index in [1.807, 2.05) is 0 Å². The molecule has 0 aliphatic carbocycles. The number of quaternary nitrogens is 1. The van der Waals surface area contributed by atoms with Crippen molar-refractivity contribution in [2.45, 2.75) is 0 Å². The summed E-state index contributed by atoms with van der Waals surface area (Å²) in [4.78, 5) is 0. The maximum atomic E-state index is 9.75. The van der Waals surface area contributed by atoms with Gasteiger partial charge in [-0.05, 0) is 0 Å². The molecule has 0 aromatic heterocycles. The second-order valence-corrected chi connectivity index (χ2v) is 1.40. The minimum atomic E-state index is -6.00. The van der Waals surface area contributed by atoms with Crippen molar-refractivity contribution in [3.05, 3.63) is 0 Å². The summed E-state index contributed by atoms with van der Waals surface area (Å²) in [6.07, 6.45) is 0. The molecule has 0 aliphatic rings. The maximum Gasteiger partial charge on any atom is 0.673 e. The average molecular weight is 190 g/mol. The molecule has 0 heterocycles. The van der Waals surface area contributed by atoms with E-state index in [0.29, 0.717) is 0 Å². The Hall–Kier alpha value is 0.325. The Bertz CT molecular complexity index is 42.3. The van der Waals surface area contributed by atoms with Crippen LogP contribution >= 0.6 is 23.2 Å². The fraction of sp³-hybridized carbons (Fsp3) is 1.00. The van der Waals surface area contributed by atoms with E-state index >= 15 is 0 Å². The molecule has 60 valence electrons. The first-order chi connectivity index (χ1) is 3.41. The standard InChI is InChI=1S/CH2Cl2.BF4.H3N/c2-1-3;2-1(3,4)5;/h1H2;;1H3/q;-1;/p+1. The number of hydrogen-bond acceptors (Lipinski definition) is 0. The highest BCUT2D eigenvalue weighted by Crippen LogP contribution is 2.06. The first kappa shape index (κ1) is 16.2. The van der Waals surface area contributed by atoms with Crippen LogP contribution in [0.2, 0.25) is 0 Å². The Morgan fingerprint density at radius 2 is 1.00 bits per heavy atom. The van der Waals surface area contributed by atoms with Crippen LogP contribution in [0.1, 0.15) is 0 Å². The van der Waals surface area contributed by atoms with Crippen molar-refractivity contribution in [2.24, 2.45) is 0 Å². The number of halogens is 6. The molecule has 0 unspecified atom stereocenters. The summed E-state index contributed by atoms with van der Waals surface area (Å²) < 4.78 is 39.0. The van der Waals surface area contributed by atoms with Gasteiger partial charge in [-0.3, -0.25) is 0 Å². The van der Waals surface area contributed by atoms with Gasteiger partial charge in [0.2, 0.25) is 0 Å². The molecule has 0 rings (SSSR count). The molecule has 4 N–H and O–H groups in total. The van der Waals surface area contributed by atoms with E-state index in [2.05, 4.69) is 0 Å². The third-order valence-corrected chi connectivity index (χ3v) is 0. The van der Waals surface area contributed by atoms with E-state index in [1.165, 1.54) is 0 Å². The highest BCUT2D eigenvalue weighted by molar-refractivity contribution is 6.50. The predicted molar refractivity (Wildman–Crippen MR) is 32.7 cm³/mol. The van der Waals surface area contributed by atoms with Crippen LogP contribution in [0.25, 0.3) is 0 Å². The van der Waals surface area contributed by atoms with Crippen LogP contribution in [0.5, 0.6) is 0 Å². The van der Waals surface area contributed by atoms with Gasteiger partial charge in [0.15, 0.2) is 0 Å². The lowest BCUT2D eigenvalue weighted by Crippen LogP contribution is -2.02. The molecule has 8 heteroatoms. The largest absolute Gasteiger partial charge is 0.673 e. The summed E-state index contributed by atoms with van der Waals surface area (Å²) >= 11 is 9.53. The van der Waals surface area contributed by atoms with E-state index in [-0.39, 0.29) is 11.5 Å². The fourth-order valence-corrected chi connectivity index (χ4v) is 0. The van der Waals surface area contributed by atoms with Gasteiger partial charge in [-0.1, -0.05) is 0 Å². The molecular formula is CH6BCl2F4N. The van der Waals surface area contributed by atoms with E-state index in [9.17, 15) is 17.3 Å². The van der Waals surface area contributed by atoms with Gasteiger partial charge in [-0.2, -0.15) is 0 Å². The van der Waals surface area contributed by atoms with Gasteiger partial charge in [-0.25, -0.2) is 0 Å². The topological polar surface area (TPSA) is 36.5 Å². The van der Waals surface area contributed by atoms with E-state index < -0.39 is 7.25 Å². The summed E-state index contributed by atoms with van der Waals surface area (Å²) in [5.41, 5.74) is 0. The molecular weight excluding hydrogens is 184 g/mol. The number of hydrogen-bond donors (Lipinski definition) is 1. The summed E-state index contributed by atoms with van der Waals surface area (Å²) in [6, 6.07) is 0. The quantitative estimate of drug-likeness (QED) is 0.346. The second kappa shape index (κ2) is 8.32. The lowest BCUT2D eigenvalue weighted by atomic mass is 10.3. The van der Waals surface area contributed by atoms with E-state index in [4.69, 9.17) is 23.2 Å². The van der Waals surface area contributed by atoms with Crippen LogP contribution < -0.4 is 6.15 Å². The van der Waals surface area contributed by atoms with Gasteiger partial charge >= 0.3 is 7.25 Å². The minimum Gasteiger partial charge on any atom is -0.418 e. The van der Waals surface area contributed by atoms with Crippen molar-refractivity contribution in [1.82, 2.24) is 6.15 Å². The molecule has 1 nitrogen and oxygen atoms in total. The van der Waals surface area contributed by atoms with Crippen LogP contribution in [0.3, 0.4) is 0 Å². The SMILES string of the molecule is ClCCl.F[B-](F)(F)F.[NH4+]. The van der Waals surface area contributed by atoms with Gasteiger partial charge in [0.05, 0.1) is 5.34 Å². The zero-order valence-electron chi connectivity index (χ0n) is 4.55. The summed E-state index contributed by atoms with van der Waals surface area (Å²) in [5.74, 6) is 0. The van der Waals surface area contributed by atoms with Gasteiger partial charge in [-0.15, -0.1) is 23.2 Å². The monoisotopic (exact) mass is 189 g/mol. The molecule has 0 bridgehead atoms. The van der Waals surface area contributed by atoms with Gasteiger partial charge in [0, 0.05) is 0 Å². The normalized spacial score (nSPS) is 8.67. The molecule has 0 aromatic rings. The smallest absolute Gasteiger partial charge is 0.418 e. The lowest BCUT2D eigenvalue weighted by molar-refractivity contribution is 0.368. The van der Waals surface area contributed by atoms with Crippen LogP contribution in [0.4, 0.5) is 17.3 Å². The highest BCUT2D eigenvalue weighted by Gasteiger charge is 2.20. The van der Waals surface area contributed by atoms with E-state index in [0.717, 1.165) is 0 Å². The maximum absolute atomic E-state index is 9.75. The molecule has 0 aliphatic heterocycles. The van der Waals surface area contributed by atoms with E-state index in [1.54, 1.807) is 0 Å². The molecule has 9 heavy (non-hydrogen) atoms. The first-order valence-corrected chi connectivity index (χ1v) is 2.48. The second-order valence-electron chi connectivity index (χ2n) is 0.596. The average Bonchev–Trinajstić information content (AvgIpc) is 1.27. The van der Waals surface area contributed by atoms with Crippen molar-refractivity contribution in [3.8, 4) is 0 Å². The van der Waals surface area contributed by atoms with Crippen molar-refractivity contribution < 1.29 is 17.3 Å². The van der Waals surface area contributed by atoms with Crippen LogP contribution in [-0.4, -0.2) is 12.6 Å². The van der Waals surface area contributed by atoms with Gasteiger partial charge in [0.1, 0.15) is 0 Å². The number of rotatable bonds is 0. The fourth-order valence-electron chi connectivity index (χ4n) is 0. The minimum absolute atomic E-state index is 0. The third-order valence-electron chi connectivity index (χ3n) is 0. The number of alkyl halides is 2. The molecule has 0 spiro atoms. The predicted octanol–water partition coefficient (Wildman–Crippen LogP) is 3.10. The van der Waals surface area contributed by atoms with Crippen LogP contribution in [0, 0.1) is 0 Å². The Kier molecular flexibility index (Phi) is 14.9. The summed E-state index contributed by atoms with van der Waals surface area (Å²) in [5, 5.41) is 0.194. The van der Waals surface area contributed by atoms with Crippen molar-refractivity contribution in [3.63, 3.8) is 0 Å². The van der Waals surface area contributed by atoms with Gasteiger partial charge in [0.25, 0.3) is 0 Å². The van der Waals surface area contributed by atoms with Crippen molar-refractivity contribution >= 4 is 30.5 Å².